The molecule has 2 amide bonds. The van der Waals surface area contributed by atoms with E-state index in [1.165, 1.54) is 0 Å². The number of azo groups is 1. The van der Waals surface area contributed by atoms with Gasteiger partial charge >= 0.3 is 6.09 Å². The van der Waals surface area contributed by atoms with Gasteiger partial charge in [-0.15, -0.1) is 0 Å². The van der Waals surface area contributed by atoms with E-state index in [1.54, 1.807) is 52.0 Å². The molecule has 0 bridgehead atoms. The topological polar surface area (TPSA) is 101 Å². The number of amides is 2. The van der Waals surface area contributed by atoms with Gasteiger partial charge in [-0.1, -0.05) is 48.5 Å². The first kappa shape index (κ1) is 26.6. The molecule has 0 radical (unpaired) electrons. The maximum absolute atomic E-state index is 13.2. The van der Waals surface area contributed by atoms with Crippen LogP contribution in [-0.2, 0) is 20.9 Å². The first-order chi connectivity index (χ1) is 17.2. The highest BCUT2D eigenvalue weighted by Crippen LogP contribution is 2.20. The maximum Gasteiger partial charge on any atom is 0.408 e. The molecule has 8 nitrogen and oxygen atoms in total. The fourth-order valence-corrected chi connectivity index (χ4v) is 3.17. The van der Waals surface area contributed by atoms with Crippen LogP contribution in [0.4, 0.5) is 21.9 Å². The van der Waals surface area contributed by atoms with E-state index < -0.39 is 29.7 Å². The Hall–Kier alpha value is -4.04. The van der Waals surface area contributed by atoms with Gasteiger partial charge in [0.05, 0.1) is 24.1 Å². The Balaban J connectivity index is 1.66. The van der Waals surface area contributed by atoms with Gasteiger partial charge in [0.15, 0.2) is 0 Å². The highest BCUT2D eigenvalue weighted by molar-refractivity contribution is 5.97. The number of alkyl carbamates (subject to hydrolysis) is 1. The summed E-state index contributed by atoms with van der Waals surface area (Å²) in [5.41, 5.74) is 2.19. The van der Waals surface area contributed by atoms with Gasteiger partial charge in [0.25, 0.3) is 0 Å². The second-order valence-electron chi connectivity index (χ2n) is 9.20. The maximum atomic E-state index is 13.2. The minimum atomic E-state index is -0.985. The predicted octanol–water partition coefficient (Wildman–Crippen LogP) is 6.54. The van der Waals surface area contributed by atoms with Crippen LogP contribution in [0.3, 0.4) is 0 Å². The van der Waals surface area contributed by atoms with Crippen LogP contribution >= 0.6 is 0 Å². The number of anilines is 1. The van der Waals surface area contributed by atoms with Gasteiger partial charge in [0, 0.05) is 5.69 Å². The van der Waals surface area contributed by atoms with Crippen molar-refractivity contribution in [3.63, 3.8) is 0 Å². The molecular formula is C28H32N4O4. The average molecular weight is 489 g/mol. The molecule has 0 unspecified atom stereocenters. The number of nitrogens with one attached hydrogen (secondary N) is 2. The smallest absolute Gasteiger partial charge is 0.408 e. The number of hydrogen-bond donors (Lipinski definition) is 2. The number of hydrogen-bond acceptors (Lipinski definition) is 6. The van der Waals surface area contributed by atoms with Crippen molar-refractivity contribution in [1.29, 1.82) is 0 Å². The van der Waals surface area contributed by atoms with Crippen LogP contribution in [0.1, 0.15) is 33.3 Å². The van der Waals surface area contributed by atoms with E-state index in [0.717, 1.165) is 11.3 Å². The lowest BCUT2D eigenvalue weighted by Gasteiger charge is -2.27. The summed E-state index contributed by atoms with van der Waals surface area (Å²) in [6.07, 6.45) is -1.33. The molecule has 0 aliphatic rings. The monoisotopic (exact) mass is 488 g/mol. The van der Waals surface area contributed by atoms with Gasteiger partial charge in [-0.25, -0.2) is 4.79 Å². The van der Waals surface area contributed by atoms with E-state index in [-0.39, 0.29) is 0 Å². The van der Waals surface area contributed by atoms with Gasteiger partial charge in [-0.3, -0.25) is 4.79 Å². The number of benzene rings is 3. The Morgan fingerprint density at radius 1 is 0.833 bits per heavy atom. The molecule has 0 aliphatic heterocycles. The van der Waals surface area contributed by atoms with Crippen molar-refractivity contribution in [2.24, 2.45) is 10.2 Å². The lowest BCUT2D eigenvalue weighted by atomic mass is 10.1. The summed E-state index contributed by atoms with van der Waals surface area (Å²) in [5.74, 6) is -0.430. The normalized spacial score (nSPS) is 13.1. The minimum absolute atomic E-state index is 0.295. The molecule has 2 N–H and O–H groups in total. The van der Waals surface area contributed by atoms with E-state index in [2.05, 4.69) is 20.9 Å². The molecule has 3 aromatic rings. The summed E-state index contributed by atoms with van der Waals surface area (Å²) in [4.78, 5) is 25.6. The molecule has 0 aromatic heterocycles. The molecule has 188 valence electrons. The van der Waals surface area contributed by atoms with Crippen molar-refractivity contribution in [1.82, 2.24) is 5.32 Å². The summed E-state index contributed by atoms with van der Waals surface area (Å²) in [6.45, 7) is 7.30. The molecule has 0 saturated heterocycles. The van der Waals surface area contributed by atoms with Crippen molar-refractivity contribution in [3.05, 3.63) is 90.5 Å². The fraction of sp³-hybridized carbons (Fsp3) is 0.286. The molecule has 0 fully saturated rings. The second kappa shape index (κ2) is 12.6. The van der Waals surface area contributed by atoms with Crippen LogP contribution in [0.15, 0.2) is 95.2 Å². The van der Waals surface area contributed by atoms with Gasteiger partial charge in [0.1, 0.15) is 11.6 Å². The third-order valence-electron chi connectivity index (χ3n) is 4.95. The number of ether oxygens (including phenoxy) is 2. The van der Waals surface area contributed by atoms with Crippen LogP contribution in [0, 0.1) is 0 Å². The van der Waals surface area contributed by atoms with Crippen LogP contribution in [0.5, 0.6) is 0 Å². The van der Waals surface area contributed by atoms with E-state index in [1.807, 2.05) is 60.7 Å². The average Bonchev–Trinajstić information content (AvgIpc) is 2.85. The minimum Gasteiger partial charge on any atom is -0.444 e. The van der Waals surface area contributed by atoms with Crippen LogP contribution in [0.25, 0.3) is 0 Å². The largest absolute Gasteiger partial charge is 0.444 e. The molecule has 36 heavy (non-hydrogen) atoms. The third-order valence-corrected chi connectivity index (χ3v) is 4.95. The van der Waals surface area contributed by atoms with Crippen molar-refractivity contribution in [2.75, 3.05) is 5.32 Å². The summed E-state index contributed by atoms with van der Waals surface area (Å²) < 4.78 is 11.3. The second-order valence-corrected chi connectivity index (χ2v) is 9.20. The summed E-state index contributed by atoms with van der Waals surface area (Å²) >= 11 is 0. The third kappa shape index (κ3) is 8.96. The summed E-state index contributed by atoms with van der Waals surface area (Å²) in [5, 5.41) is 13.9. The van der Waals surface area contributed by atoms with Crippen molar-refractivity contribution < 1.29 is 19.1 Å². The van der Waals surface area contributed by atoms with Crippen LogP contribution in [0.2, 0.25) is 0 Å². The molecule has 0 spiro atoms. The van der Waals surface area contributed by atoms with Gasteiger partial charge in [-0.05, 0) is 69.7 Å². The van der Waals surface area contributed by atoms with Gasteiger partial charge in [-0.2, -0.15) is 10.2 Å². The van der Waals surface area contributed by atoms with Crippen LogP contribution < -0.4 is 10.6 Å². The Kier molecular flexibility index (Phi) is 9.30. The summed E-state index contributed by atoms with van der Waals surface area (Å²) in [7, 11) is 0. The van der Waals surface area contributed by atoms with E-state index in [9.17, 15) is 9.59 Å². The fourth-order valence-electron chi connectivity index (χ4n) is 3.17. The zero-order chi connectivity index (χ0) is 26.0. The van der Waals surface area contributed by atoms with Gasteiger partial charge in [0.2, 0.25) is 5.91 Å². The number of carbonyl (C=O) groups is 2. The first-order valence-electron chi connectivity index (χ1n) is 11.7. The molecular weight excluding hydrogens is 456 g/mol. The standard InChI is InChI=1S/C28H32N4O4/c1-20(35-19-21-11-7-5-8-12-21)25(30-27(34)36-28(2,3)4)26(33)29-22-15-17-24(18-16-22)32-31-23-13-9-6-10-14-23/h5-18,20,25H,19H2,1-4H3,(H,29,33)(H,30,34)/t20-,25-/m1/s1. The van der Waals surface area contributed by atoms with E-state index in [4.69, 9.17) is 9.47 Å². The zero-order valence-electron chi connectivity index (χ0n) is 21.0. The van der Waals surface area contributed by atoms with Crippen molar-refractivity contribution in [3.8, 4) is 0 Å². The Morgan fingerprint density at radius 2 is 1.39 bits per heavy atom. The van der Waals surface area contributed by atoms with Crippen molar-refractivity contribution >= 4 is 29.1 Å². The van der Waals surface area contributed by atoms with Gasteiger partial charge < -0.3 is 20.1 Å². The number of carbonyl (C=O) groups excluding carboxylic acids is 2. The lowest BCUT2D eigenvalue weighted by Crippen LogP contribution is -2.52. The van der Waals surface area contributed by atoms with Crippen molar-refractivity contribution in [2.45, 2.75) is 52.0 Å². The molecule has 8 heteroatoms. The first-order valence-corrected chi connectivity index (χ1v) is 11.7. The van der Waals surface area contributed by atoms with Crippen LogP contribution in [-0.4, -0.2) is 29.7 Å². The predicted molar refractivity (Wildman–Crippen MR) is 140 cm³/mol. The van der Waals surface area contributed by atoms with E-state index >= 15 is 0 Å². The summed E-state index contributed by atoms with van der Waals surface area (Å²) in [6, 6.07) is 24.9. The molecule has 0 heterocycles. The highest BCUT2D eigenvalue weighted by atomic mass is 16.6. The quantitative estimate of drug-likeness (QED) is 0.334. The highest BCUT2D eigenvalue weighted by Gasteiger charge is 2.30. The number of rotatable bonds is 9. The number of nitrogens with zero attached hydrogens (tertiary/aromatic N) is 2. The zero-order valence-corrected chi connectivity index (χ0v) is 21.0. The molecule has 2 atom stereocenters. The molecule has 3 aromatic carbocycles. The Labute approximate surface area is 211 Å². The van der Waals surface area contributed by atoms with E-state index in [0.29, 0.717) is 18.0 Å². The molecule has 0 saturated carbocycles. The Morgan fingerprint density at radius 3 is 1.97 bits per heavy atom. The molecule has 3 rings (SSSR count). The molecule has 0 aliphatic carbocycles. The SMILES string of the molecule is C[C@@H](OCc1ccccc1)[C@@H](NC(=O)OC(C)(C)C)C(=O)Nc1ccc(N=Nc2ccccc2)cc1. The Bertz CT molecular complexity index is 1140. The lowest BCUT2D eigenvalue weighted by molar-refractivity contribution is -0.122.